The first kappa shape index (κ1) is 22.5. The summed E-state index contributed by atoms with van der Waals surface area (Å²) in [4.78, 5) is 50.6. The first-order valence-electron chi connectivity index (χ1n) is 10.2. The van der Waals surface area contributed by atoms with Crippen LogP contribution >= 0.6 is 15.9 Å². The highest BCUT2D eigenvalue weighted by Crippen LogP contribution is 2.32. The lowest BCUT2D eigenvalue weighted by atomic mass is 10.1. The molecule has 8 nitrogen and oxygen atoms in total. The number of hydrogen-bond donors (Lipinski definition) is 2. The lowest BCUT2D eigenvalue weighted by Gasteiger charge is -2.18. The zero-order valence-electron chi connectivity index (χ0n) is 17.4. The molecule has 33 heavy (non-hydrogen) atoms. The molecule has 0 saturated carbocycles. The van der Waals surface area contributed by atoms with Crippen molar-refractivity contribution in [2.75, 3.05) is 18.1 Å². The molecule has 0 aliphatic carbocycles. The van der Waals surface area contributed by atoms with Gasteiger partial charge in [0.15, 0.2) is 6.61 Å². The highest BCUT2D eigenvalue weighted by Gasteiger charge is 2.36. The van der Waals surface area contributed by atoms with Gasteiger partial charge in [-0.3, -0.25) is 30.0 Å². The number of fused-ring (bicyclic) bond motifs is 1. The maximum atomic E-state index is 12.6. The standard InChI is InChI=1S/C24H20BrN3O5/c25-18-10-8-16(9-11-18)23(31)27-26-21(29)14-33-24(32)17-12-22(30)28(13-17)20-7-3-5-15-4-1-2-6-19(15)20/h1-11,17H,12-14H2,(H,26,29)(H,27,31)/t17-/m0/s1. The first-order valence-corrected chi connectivity index (χ1v) is 11.0. The monoisotopic (exact) mass is 509 g/mol. The summed E-state index contributed by atoms with van der Waals surface area (Å²) in [5, 5.41) is 1.92. The van der Waals surface area contributed by atoms with Gasteiger partial charge in [0.2, 0.25) is 5.91 Å². The third-order valence-electron chi connectivity index (χ3n) is 5.28. The number of benzene rings is 3. The van der Waals surface area contributed by atoms with E-state index in [0.29, 0.717) is 5.56 Å². The third-order valence-corrected chi connectivity index (χ3v) is 5.81. The van der Waals surface area contributed by atoms with Crippen LogP contribution in [0.1, 0.15) is 16.8 Å². The van der Waals surface area contributed by atoms with Gasteiger partial charge in [-0.1, -0.05) is 52.3 Å². The van der Waals surface area contributed by atoms with Gasteiger partial charge in [-0.05, 0) is 35.7 Å². The smallest absolute Gasteiger partial charge is 0.311 e. The lowest BCUT2D eigenvalue weighted by Crippen LogP contribution is -2.43. The Balaban J connectivity index is 1.29. The van der Waals surface area contributed by atoms with E-state index in [1.54, 1.807) is 29.2 Å². The van der Waals surface area contributed by atoms with Crippen LogP contribution in [0.25, 0.3) is 10.8 Å². The van der Waals surface area contributed by atoms with Crippen LogP contribution in [0.5, 0.6) is 0 Å². The predicted molar refractivity (Wildman–Crippen MR) is 125 cm³/mol. The highest BCUT2D eigenvalue weighted by atomic mass is 79.9. The molecular weight excluding hydrogens is 490 g/mol. The minimum atomic E-state index is -0.691. The fourth-order valence-electron chi connectivity index (χ4n) is 3.63. The Labute approximate surface area is 198 Å². The largest absolute Gasteiger partial charge is 0.455 e. The van der Waals surface area contributed by atoms with Crippen LogP contribution < -0.4 is 15.8 Å². The summed E-state index contributed by atoms with van der Waals surface area (Å²) in [7, 11) is 0. The molecule has 1 saturated heterocycles. The van der Waals surface area contributed by atoms with Crippen molar-refractivity contribution in [2.24, 2.45) is 5.92 Å². The number of nitrogens with one attached hydrogen (secondary N) is 2. The number of ether oxygens (including phenoxy) is 1. The van der Waals surface area contributed by atoms with E-state index in [4.69, 9.17) is 4.74 Å². The molecule has 3 aromatic rings. The molecule has 1 fully saturated rings. The summed E-state index contributed by atoms with van der Waals surface area (Å²) >= 11 is 3.28. The molecule has 1 heterocycles. The number of anilines is 1. The number of carbonyl (C=O) groups is 4. The van der Waals surface area contributed by atoms with E-state index in [2.05, 4.69) is 26.8 Å². The molecule has 0 bridgehead atoms. The molecule has 1 aliphatic rings. The summed E-state index contributed by atoms with van der Waals surface area (Å²) < 4.78 is 5.89. The fraction of sp³-hybridized carbons (Fsp3) is 0.167. The Morgan fingerprint density at radius 2 is 1.70 bits per heavy atom. The van der Waals surface area contributed by atoms with E-state index in [-0.39, 0.29) is 18.9 Å². The molecular formula is C24H20BrN3O5. The van der Waals surface area contributed by atoms with Gasteiger partial charge < -0.3 is 9.64 Å². The van der Waals surface area contributed by atoms with Gasteiger partial charge in [-0.25, -0.2) is 0 Å². The van der Waals surface area contributed by atoms with Crippen LogP contribution in [-0.4, -0.2) is 36.8 Å². The second kappa shape index (κ2) is 9.83. The maximum Gasteiger partial charge on any atom is 0.311 e. The minimum Gasteiger partial charge on any atom is -0.455 e. The molecule has 0 unspecified atom stereocenters. The molecule has 0 spiro atoms. The van der Waals surface area contributed by atoms with Crippen LogP contribution in [0.4, 0.5) is 5.69 Å². The number of rotatable bonds is 5. The van der Waals surface area contributed by atoms with E-state index in [1.165, 1.54) is 0 Å². The molecule has 0 radical (unpaired) electrons. The van der Waals surface area contributed by atoms with Crippen molar-refractivity contribution in [3.63, 3.8) is 0 Å². The van der Waals surface area contributed by atoms with Gasteiger partial charge in [-0.15, -0.1) is 0 Å². The molecule has 2 N–H and O–H groups in total. The summed E-state index contributed by atoms with van der Waals surface area (Å²) in [5.74, 6) is -2.69. The molecule has 4 rings (SSSR count). The summed E-state index contributed by atoms with van der Waals surface area (Å²) in [6.45, 7) is -0.397. The second-order valence-corrected chi connectivity index (χ2v) is 8.44. The van der Waals surface area contributed by atoms with Gasteiger partial charge >= 0.3 is 5.97 Å². The Hall–Kier alpha value is -3.72. The van der Waals surface area contributed by atoms with Crippen LogP contribution in [0.2, 0.25) is 0 Å². The number of esters is 1. The zero-order valence-corrected chi connectivity index (χ0v) is 19.0. The topological polar surface area (TPSA) is 105 Å². The highest BCUT2D eigenvalue weighted by molar-refractivity contribution is 9.10. The SMILES string of the molecule is O=C(COC(=O)[C@H]1CC(=O)N(c2cccc3ccccc23)C1)NNC(=O)c1ccc(Br)cc1. The Morgan fingerprint density at radius 1 is 0.970 bits per heavy atom. The molecule has 3 amide bonds. The number of hydrogen-bond acceptors (Lipinski definition) is 5. The first-order chi connectivity index (χ1) is 15.9. The van der Waals surface area contributed by atoms with Gasteiger partial charge in [0.1, 0.15) is 0 Å². The van der Waals surface area contributed by atoms with Gasteiger partial charge in [-0.2, -0.15) is 0 Å². The predicted octanol–water partition coefficient (Wildman–Crippen LogP) is 2.96. The number of carbonyl (C=O) groups excluding carboxylic acids is 4. The Morgan fingerprint density at radius 3 is 2.48 bits per heavy atom. The average molecular weight is 510 g/mol. The summed E-state index contributed by atoms with van der Waals surface area (Å²) in [6.07, 6.45) is 0.00394. The average Bonchev–Trinajstić information content (AvgIpc) is 3.22. The number of amides is 3. The molecule has 168 valence electrons. The molecule has 9 heteroatoms. The summed E-state index contributed by atoms with van der Waals surface area (Å²) in [6, 6.07) is 19.9. The lowest BCUT2D eigenvalue weighted by molar-refractivity contribution is -0.152. The molecule has 1 aliphatic heterocycles. The summed E-state index contributed by atoms with van der Waals surface area (Å²) in [5.41, 5.74) is 5.55. The van der Waals surface area contributed by atoms with Crippen molar-refractivity contribution < 1.29 is 23.9 Å². The van der Waals surface area contributed by atoms with Gasteiger partial charge in [0, 0.05) is 28.4 Å². The van der Waals surface area contributed by atoms with Crippen molar-refractivity contribution in [3.05, 3.63) is 76.8 Å². The Kier molecular flexibility index (Phi) is 6.69. The Bertz CT molecular complexity index is 1220. The second-order valence-electron chi connectivity index (χ2n) is 7.52. The van der Waals surface area contributed by atoms with Crippen LogP contribution in [0.15, 0.2) is 71.2 Å². The minimum absolute atomic E-state index is 0.00394. The number of nitrogens with zero attached hydrogens (tertiary/aromatic N) is 1. The van der Waals surface area contributed by atoms with Crippen molar-refractivity contribution >= 4 is 56.1 Å². The van der Waals surface area contributed by atoms with E-state index >= 15 is 0 Å². The van der Waals surface area contributed by atoms with Crippen molar-refractivity contribution in [1.82, 2.24) is 10.9 Å². The van der Waals surface area contributed by atoms with E-state index in [9.17, 15) is 19.2 Å². The van der Waals surface area contributed by atoms with Crippen LogP contribution in [-0.2, 0) is 19.1 Å². The van der Waals surface area contributed by atoms with Gasteiger partial charge in [0.25, 0.3) is 11.8 Å². The molecule has 1 atom stereocenters. The molecule has 3 aromatic carbocycles. The van der Waals surface area contributed by atoms with Crippen LogP contribution in [0, 0.1) is 5.92 Å². The van der Waals surface area contributed by atoms with E-state index in [1.807, 2.05) is 42.5 Å². The van der Waals surface area contributed by atoms with Gasteiger partial charge in [0.05, 0.1) is 11.6 Å². The van der Waals surface area contributed by atoms with Crippen molar-refractivity contribution in [1.29, 1.82) is 0 Å². The zero-order chi connectivity index (χ0) is 23.4. The maximum absolute atomic E-state index is 12.6. The quantitative estimate of drug-likeness (QED) is 0.406. The van der Waals surface area contributed by atoms with Crippen molar-refractivity contribution in [3.8, 4) is 0 Å². The van der Waals surface area contributed by atoms with Crippen LogP contribution in [0.3, 0.4) is 0 Å². The fourth-order valence-corrected chi connectivity index (χ4v) is 3.90. The van der Waals surface area contributed by atoms with E-state index < -0.39 is 30.3 Å². The molecule has 0 aromatic heterocycles. The number of hydrazine groups is 1. The third kappa shape index (κ3) is 5.20. The normalized spacial score (nSPS) is 15.4. The van der Waals surface area contributed by atoms with Crippen molar-refractivity contribution in [2.45, 2.75) is 6.42 Å². The van der Waals surface area contributed by atoms with E-state index in [0.717, 1.165) is 20.9 Å². The number of halogens is 1.